The maximum Gasteiger partial charge on any atom is 0.315 e. The lowest BCUT2D eigenvalue weighted by Crippen LogP contribution is -2.56. The van der Waals surface area contributed by atoms with Crippen molar-refractivity contribution in [1.29, 1.82) is 0 Å². The van der Waals surface area contributed by atoms with Crippen molar-refractivity contribution in [3.63, 3.8) is 0 Å². The average Bonchev–Trinajstić information content (AvgIpc) is 2.99. The lowest BCUT2D eigenvalue weighted by Gasteiger charge is -2.46. The smallest absolute Gasteiger partial charge is 0.315 e. The van der Waals surface area contributed by atoms with Gasteiger partial charge in [-0.2, -0.15) is 0 Å². The summed E-state index contributed by atoms with van der Waals surface area (Å²) in [7, 11) is 1.41. The van der Waals surface area contributed by atoms with Crippen LogP contribution in [0.1, 0.15) is 59.5 Å². The number of carbonyl (C=O) groups is 2. The van der Waals surface area contributed by atoms with Gasteiger partial charge in [0.2, 0.25) is 0 Å². The molecule has 0 N–H and O–H groups in total. The molecule has 0 unspecified atom stereocenters. The molecule has 1 spiro atoms. The van der Waals surface area contributed by atoms with Gasteiger partial charge in [0.1, 0.15) is 5.92 Å². The fraction of sp³-hybridized carbons (Fsp3) is 0.391. The van der Waals surface area contributed by atoms with Gasteiger partial charge in [0, 0.05) is 16.0 Å². The van der Waals surface area contributed by atoms with Crippen molar-refractivity contribution in [3.8, 4) is 0 Å². The molecule has 4 nitrogen and oxygen atoms in total. The monoisotopic (exact) mass is 429 g/mol. The third-order valence-electron chi connectivity index (χ3n) is 6.91. The number of nitrogens with zero attached hydrogens (tertiary/aromatic N) is 1. The van der Waals surface area contributed by atoms with Gasteiger partial charge in [0.15, 0.2) is 0 Å². The first-order valence-electron chi connectivity index (χ1n) is 9.99. The quantitative estimate of drug-likeness (QED) is 0.562. The molecule has 2 aromatic rings. The summed E-state index contributed by atoms with van der Waals surface area (Å²) in [6, 6.07) is 10.6. The Morgan fingerprint density at radius 1 is 1.14 bits per heavy atom. The predicted octanol–water partition coefficient (Wildman–Crippen LogP) is 5.49. The zero-order valence-electron chi connectivity index (χ0n) is 16.1. The van der Waals surface area contributed by atoms with Crippen molar-refractivity contribution in [2.24, 2.45) is 0 Å². The van der Waals surface area contributed by atoms with Crippen LogP contribution in [0.4, 0.5) is 5.69 Å². The number of hydrogen-bond acceptors (Lipinski definition) is 3. The summed E-state index contributed by atoms with van der Waals surface area (Å²) in [6.45, 7) is 0. The van der Waals surface area contributed by atoms with E-state index in [-0.39, 0.29) is 23.3 Å². The molecule has 2 aromatic carbocycles. The minimum Gasteiger partial charge on any atom is -0.468 e. The Hall–Kier alpha value is -2.04. The third kappa shape index (κ3) is 2.52. The summed E-state index contributed by atoms with van der Waals surface area (Å²) in [5, 5.41) is 1.01. The highest BCUT2D eigenvalue weighted by Crippen LogP contribution is 2.60. The first kappa shape index (κ1) is 19.0. The number of amides is 1. The van der Waals surface area contributed by atoms with E-state index in [4.69, 9.17) is 27.9 Å². The lowest BCUT2D eigenvalue weighted by atomic mass is 9.62. The summed E-state index contributed by atoms with van der Waals surface area (Å²) >= 11 is 13.1. The predicted molar refractivity (Wildman–Crippen MR) is 113 cm³/mol. The molecular formula is C23H21Cl2NO3. The topological polar surface area (TPSA) is 46.6 Å². The van der Waals surface area contributed by atoms with E-state index in [1.165, 1.54) is 7.11 Å². The zero-order valence-corrected chi connectivity index (χ0v) is 17.6. The van der Waals surface area contributed by atoms with Crippen LogP contribution in [-0.4, -0.2) is 25.0 Å². The van der Waals surface area contributed by atoms with Gasteiger partial charge in [-0.15, -0.1) is 0 Å². The number of halogens is 2. The van der Waals surface area contributed by atoms with E-state index in [0.717, 1.165) is 43.2 Å². The minimum atomic E-state index is -0.561. The van der Waals surface area contributed by atoms with Crippen LogP contribution in [0.2, 0.25) is 10.0 Å². The second kappa shape index (κ2) is 6.75. The molecule has 2 aliphatic heterocycles. The number of anilines is 1. The van der Waals surface area contributed by atoms with Crippen molar-refractivity contribution < 1.29 is 14.3 Å². The molecule has 0 bridgehead atoms. The number of fused-ring (bicyclic) bond motifs is 6. The van der Waals surface area contributed by atoms with Crippen LogP contribution in [0.5, 0.6) is 0 Å². The molecule has 1 aliphatic carbocycles. The standard InChI is InChI=1S/C23H21Cl2NO3/c1-29-22(28)18-14-7-3-4-8-15(14)21(27)26-19-16(11-13(24)12-17(19)25)23(20(18)26)9-5-2-6-10-23/h3-4,7-8,11-12,18,20H,2,5-6,9-10H2,1H3/t18-,20-/m0/s1. The average molecular weight is 430 g/mol. The van der Waals surface area contributed by atoms with Crippen molar-refractivity contribution in [2.45, 2.75) is 49.5 Å². The lowest BCUT2D eigenvalue weighted by molar-refractivity contribution is -0.143. The van der Waals surface area contributed by atoms with E-state index in [9.17, 15) is 9.59 Å². The second-order valence-electron chi connectivity index (χ2n) is 8.21. The molecule has 1 fully saturated rings. The van der Waals surface area contributed by atoms with Crippen LogP contribution in [0, 0.1) is 0 Å². The van der Waals surface area contributed by atoms with E-state index in [2.05, 4.69) is 0 Å². The maximum absolute atomic E-state index is 13.7. The molecule has 1 amide bonds. The molecular weight excluding hydrogens is 409 g/mol. The highest BCUT2D eigenvalue weighted by atomic mass is 35.5. The third-order valence-corrected chi connectivity index (χ3v) is 7.42. The van der Waals surface area contributed by atoms with Gasteiger partial charge in [0.05, 0.1) is 23.9 Å². The molecule has 5 rings (SSSR count). The van der Waals surface area contributed by atoms with E-state index in [1.807, 2.05) is 24.3 Å². The van der Waals surface area contributed by atoms with Gasteiger partial charge in [0.25, 0.3) is 5.91 Å². The summed E-state index contributed by atoms with van der Waals surface area (Å²) in [4.78, 5) is 28.5. The second-order valence-corrected chi connectivity index (χ2v) is 9.05. The number of benzene rings is 2. The van der Waals surface area contributed by atoms with Crippen molar-refractivity contribution >= 4 is 40.8 Å². The number of carbonyl (C=O) groups excluding carboxylic acids is 2. The van der Waals surface area contributed by atoms with Gasteiger partial charge < -0.3 is 9.64 Å². The number of rotatable bonds is 1. The summed E-state index contributed by atoms with van der Waals surface area (Å²) in [5.41, 5.74) is 2.62. The van der Waals surface area contributed by atoms with Crippen LogP contribution in [0.25, 0.3) is 0 Å². The molecule has 6 heteroatoms. The Morgan fingerprint density at radius 3 is 2.59 bits per heavy atom. The Labute approximate surface area is 179 Å². The summed E-state index contributed by atoms with van der Waals surface area (Å²) in [6.07, 6.45) is 5.00. The van der Waals surface area contributed by atoms with Gasteiger partial charge in [-0.05, 0) is 42.2 Å². The van der Waals surface area contributed by atoms with Crippen molar-refractivity contribution in [2.75, 3.05) is 12.0 Å². The molecule has 1 saturated carbocycles. The molecule has 0 aromatic heterocycles. The molecule has 29 heavy (non-hydrogen) atoms. The first-order chi connectivity index (χ1) is 14.0. The summed E-state index contributed by atoms with van der Waals surface area (Å²) < 4.78 is 5.24. The van der Waals surface area contributed by atoms with Crippen LogP contribution < -0.4 is 4.90 Å². The Balaban J connectivity index is 1.84. The SMILES string of the molecule is COC(=O)[C@H]1c2ccccc2C(=O)N2c3c(Cl)cc(Cl)cc3C3(CCCCC3)[C@H]12. The van der Waals surface area contributed by atoms with E-state index < -0.39 is 5.92 Å². The van der Waals surface area contributed by atoms with Gasteiger partial charge in [-0.25, -0.2) is 0 Å². The van der Waals surface area contributed by atoms with Gasteiger partial charge in [-0.3, -0.25) is 9.59 Å². The van der Waals surface area contributed by atoms with Crippen LogP contribution in [0.3, 0.4) is 0 Å². The largest absolute Gasteiger partial charge is 0.468 e. The molecule has 3 aliphatic rings. The van der Waals surface area contributed by atoms with Gasteiger partial charge >= 0.3 is 5.97 Å². The van der Waals surface area contributed by atoms with E-state index in [0.29, 0.717) is 21.3 Å². The highest BCUT2D eigenvalue weighted by Gasteiger charge is 2.61. The zero-order chi connectivity index (χ0) is 20.3. The van der Waals surface area contributed by atoms with E-state index in [1.54, 1.807) is 17.0 Å². The Morgan fingerprint density at radius 2 is 1.86 bits per heavy atom. The summed E-state index contributed by atoms with van der Waals surface area (Å²) in [5.74, 6) is -0.993. The Kier molecular flexibility index (Phi) is 4.41. The molecule has 2 heterocycles. The fourth-order valence-corrected chi connectivity index (χ4v) is 6.41. The van der Waals surface area contributed by atoms with Crippen LogP contribution in [-0.2, 0) is 14.9 Å². The normalized spacial score (nSPS) is 24.1. The minimum absolute atomic E-state index is 0.112. The Bertz CT molecular complexity index is 1030. The van der Waals surface area contributed by atoms with Crippen molar-refractivity contribution in [3.05, 3.63) is 63.1 Å². The van der Waals surface area contributed by atoms with Crippen LogP contribution in [0.15, 0.2) is 36.4 Å². The molecule has 0 radical (unpaired) electrons. The number of methoxy groups -OCH3 is 1. The van der Waals surface area contributed by atoms with Crippen LogP contribution >= 0.6 is 23.2 Å². The molecule has 150 valence electrons. The number of esters is 1. The van der Waals surface area contributed by atoms with Gasteiger partial charge in [-0.1, -0.05) is 60.7 Å². The number of ether oxygens (including phenoxy) is 1. The number of hydrogen-bond donors (Lipinski definition) is 0. The molecule has 2 atom stereocenters. The van der Waals surface area contributed by atoms with E-state index >= 15 is 0 Å². The maximum atomic E-state index is 13.7. The fourth-order valence-electron chi connectivity index (χ4n) is 5.83. The first-order valence-corrected chi connectivity index (χ1v) is 10.7. The van der Waals surface area contributed by atoms with Crippen molar-refractivity contribution in [1.82, 2.24) is 0 Å². The highest BCUT2D eigenvalue weighted by molar-refractivity contribution is 6.37. The molecule has 0 saturated heterocycles.